The molecule has 1 unspecified atom stereocenters. The summed E-state index contributed by atoms with van der Waals surface area (Å²) in [6.45, 7) is 5.88. The van der Waals surface area contributed by atoms with E-state index in [2.05, 4.69) is 11.3 Å². The summed E-state index contributed by atoms with van der Waals surface area (Å²) in [5.74, 6) is 0.410. The van der Waals surface area contributed by atoms with E-state index in [1.165, 1.54) is 18.2 Å². The zero-order chi connectivity index (χ0) is 18.6. The maximum absolute atomic E-state index is 12.8. The number of benzene rings is 1. The first-order valence-corrected chi connectivity index (χ1v) is 10.6. The molecule has 3 rings (SSSR count). The summed E-state index contributed by atoms with van der Waals surface area (Å²) in [6.07, 6.45) is 5.95. The maximum Gasteiger partial charge on any atom is 0.253 e. The van der Waals surface area contributed by atoms with Gasteiger partial charge in [-0.25, -0.2) is 13.1 Å². The zero-order valence-electron chi connectivity index (χ0n) is 14.9. The van der Waals surface area contributed by atoms with Crippen LogP contribution in [0, 0.1) is 5.92 Å². The molecule has 0 spiro atoms. The largest absolute Gasteiger partial charge is 0.378 e. The second kappa shape index (κ2) is 8.33. The molecule has 1 atom stereocenters. The molecule has 1 amide bonds. The van der Waals surface area contributed by atoms with E-state index in [0.717, 1.165) is 32.3 Å². The van der Waals surface area contributed by atoms with Crippen molar-refractivity contribution in [3.8, 4) is 0 Å². The Balaban J connectivity index is 1.65. The monoisotopic (exact) mass is 378 g/mol. The minimum absolute atomic E-state index is 0.0967. The van der Waals surface area contributed by atoms with E-state index in [4.69, 9.17) is 4.74 Å². The second-order valence-electron chi connectivity index (χ2n) is 6.85. The van der Waals surface area contributed by atoms with Crippen molar-refractivity contribution in [1.29, 1.82) is 0 Å². The van der Waals surface area contributed by atoms with Gasteiger partial charge in [0.05, 0.1) is 11.0 Å². The Bertz CT molecular complexity index is 749. The van der Waals surface area contributed by atoms with Crippen molar-refractivity contribution in [3.05, 3.63) is 42.5 Å². The molecule has 0 bridgehead atoms. The average molecular weight is 378 g/mol. The van der Waals surface area contributed by atoms with Crippen molar-refractivity contribution >= 4 is 15.9 Å². The molecule has 2 heterocycles. The molecule has 26 heavy (non-hydrogen) atoms. The highest BCUT2D eigenvalue weighted by atomic mass is 32.2. The van der Waals surface area contributed by atoms with Gasteiger partial charge in [-0.15, -0.1) is 6.58 Å². The van der Waals surface area contributed by atoms with Gasteiger partial charge in [-0.05, 0) is 49.8 Å². The number of hydrogen-bond donors (Lipinski definition) is 1. The van der Waals surface area contributed by atoms with E-state index in [9.17, 15) is 13.2 Å². The molecule has 142 valence electrons. The van der Waals surface area contributed by atoms with Crippen LogP contribution in [-0.2, 0) is 14.8 Å². The van der Waals surface area contributed by atoms with Crippen LogP contribution < -0.4 is 4.72 Å². The van der Waals surface area contributed by atoms with Crippen LogP contribution in [0.3, 0.4) is 0 Å². The van der Waals surface area contributed by atoms with E-state index < -0.39 is 10.0 Å². The quantitative estimate of drug-likeness (QED) is 0.770. The summed E-state index contributed by atoms with van der Waals surface area (Å²) in [4.78, 5) is 14.7. The van der Waals surface area contributed by atoms with Gasteiger partial charge in [-0.2, -0.15) is 0 Å². The Morgan fingerprint density at radius 1 is 1.31 bits per heavy atom. The highest BCUT2D eigenvalue weighted by Crippen LogP contribution is 2.29. The molecule has 0 aliphatic carbocycles. The fourth-order valence-corrected chi connectivity index (χ4v) is 4.72. The van der Waals surface area contributed by atoms with Crippen molar-refractivity contribution in [1.82, 2.24) is 9.62 Å². The number of likely N-dealkylation sites (tertiary alicyclic amines) is 1. The fourth-order valence-electron chi connectivity index (χ4n) is 3.68. The minimum atomic E-state index is -3.64. The van der Waals surface area contributed by atoms with Crippen LogP contribution >= 0.6 is 0 Å². The van der Waals surface area contributed by atoms with Crippen LogP contribution in [0.25, 0.3) is 0 Å². The molecule has 2 aliphatic rings. The number of nitrogens with one attached hydrogen (secondary N) is 1. The summed E-state index contributed by atoms with van der Waals surface area (Å²) < 4.78 is 32.7. The summed E-state index contributed by atoms with van der Waals surface area (Å²) in [6, 6.07) is 6.21. The van der Waals surface area contributed by atoms with Gasteiger partial charge in [-0.3, -0.25) is 4.79 Å². The van der Waals surface area contributed by atoms with Gasteiger partial charge in [0.25, 0.3) is 5.91 Å². The molecular weight excluding hydrogens is 352 g/mol. The summed E-state index contributed by atoms with van der Waals surface area (Å²) in [5, 5.41) is 0. The Labute approximate surface area is 155 Å². The summed E-state index contributed by atoms with van der Waals surface area (Å²) >= 11 is 0. The third kappa shape index (κ3) is 4.34. The average Bonchev–Trinajstić information content (AvgIpc) is 3.21. The highest BCUT2D eigenvalue weighted by molar-refractivity contribution is 7.89. The van der Waals surface area contributed by atoms with Gasteiger partial charge >= 0.3 is 0 Å². The fraction of sp³-hybridized carbons (Fsp3) is 0.526. The summed E-state index contributed by atoms with van der Waals surface area (Å²) in [7, 11) is -3.64. The first kappa shape index (κ1) is 19.1. The highest BCUT2D eigenvalue weighted by Gasteiger charge is 2.31. The number of nitrogens with zero attached hydrogens (tertiary/aromatic N) is 1. The number of sulfonamides is 1. The normalized spacial score (nSPS) is 21.7. The molecule has 0 saturated carbocycles. The molecule has 2 aliphatic heterocycles. The number of piperidine rings is 1. The predicted octanol–water partition coefficient (Wildman–Crippen LogP) is 2.18. The van der Waals surface area contributed by atoms with Gasteiger partial charge in [-0.1, -0.05) is 12.1 Å². The Kier molecular flexibility index (Phi) is 6.11. The van der Waals surface area contributed by atoms with Crippen LogP contribution in [0.5, 0.6) is 0 Å². The second-order valence-corrected chi connectivity index (χ2v) is 8.62. The Hall–Kier alpha value is -1.70. The van der Waals surface area contributed by atoms with Crippen LogP contribution in [-0.4, -0.2) is 51.6 Å². The molecule has 2 saturated heterocycles. The minimum Gasteiger partial charge on any atom is -0.378 e. The van der Waals surface area contributed by atoms with Crippen LogP contribution in [0.4, 0.5) is 0 Å². The molecule has 0 radical (unpaired) electrons. The van der Waals surface area contributed by atoms with E-state index in [0.29, 0.717) is 30.7 Å². The first-order chi connectivity index (χ1) is 12.5. The lowest BCUT2D eigenvalue weighted by atomic mass is 9.89. The lowest BCUT2D eigenvalue weighted by Gasteiger charge is -2.34. The van der Waals surface area contributed by atoms with Crippen molar-refractivity contribution in [2.24, 2.45) is 5.92 Å². The topological polar surface area (TPSA) is 75.7 Å². The zero-order valence-corrected chi connectivity index (χ0v) is 15.7. The molecule has 1 aromatic rings. The van der Waals surface area contributed by atoms with Crippen LogP contribution in [0.2, 0.25) is 0 Å². The number of amides is 1. The molecular formula is C19H26N2O4S. The van der Waals surface area contributed by atoms with Crippen LogP contribution in [0.1, 0.15) is 36.0 Å². The smallest absolute Gasteiger partial charge is 0.253 e. The van der Waals surface area contributed by atoms with E-state index in [1.807, 2.05) is 4.90 Å². The van der Waals surface area contributed by atoms with Gasteiger partial charge in [0.15, 0.2) is 0 Å². The maximum atomic E-state index is 12.8. The van der Waals surface area contributed by atoms with Crippen molar-refractivity contribution < 1.29 is 17.9 Å². The molecule has 0 aromatic heterocycles. The number of rotatable bonds is 6. The lowest BCUT2D eigenvalue weighted by Crippen LogP contribution is -2.41. The SMILES string of the molecule is C=CCNS(=O)(=O)c1cccc(C(=O)N2CCC(C3CCCO3)CC2)c1. The van der Waals surface area contributed by atoms with E-state index >= 15 is 0 Å². The molecule has 1 aromatic carbocycles. The number of ether oxygens (including phenoxy) is 1. The number of carbonyl (C=O) groups excluding carboxylic acids is 1. The van der Waals surface area contributed by atoms with Gasteiger partial charge in [0, 0.05) is 31.8 Å². The predicted molar refractivity (Wildman–Crippen MR) is 99.4 cm³/mol. The molecule has 6 nitrogen and oxygen atoms in total. The van der Waals surface area contributed by atoms with Gasteiger partial charge in [0.2, 0.25) is 10.0 Å². The van der Waals surface area contributed by atoms with Gasteiger partial charge < -0.3 is 9.64 Å². The molecule has 7 heteroatoms. The Morgan fingerprint density at radius 3 is 2.73 bits per heavy atom. The third-order valence-corrected chi connectivity index (χ3v) is 6.55. The molecule has 2 fully saturated rings. The van der Waals surface area contributed by atoms with E-state index in [1.54, 1.807) is 12.1 Å². The standard InChI is InChI=1S/C19H26N2O4S/c1-2-10-20-26(23,24)17-6-3-5-16(14-17)19(22)21-11-8-15(9-12-21)18-7-4-13-25-18/h2-3,5-6,14-15,18,20H,1,4,7-13H2. The number of carbonyl (C=O) groups is 1. The summed E-state index contributed by atoms with van der Waals surface area (Å²) in [5.41, 5.74) is 0.405. The van der Waals surface area contributed by atoms with Crippen molar-refractivity contribution in [2.45, 2.75) is 36.7 Å². The number of hydrogen-bond acceptors (Lipinski definition) is 4. The lowest BCUT2D eigenvalue weighted by molar-refractivity contribution is 0.0291. The third-order valence-electron chi connectivity index (χ3n) is 5.13. The van der Waals surface area contributed by atoms with Gasteiger partial charge in [0.1, 0.15) is 0 Å². The van der Waals surface area contributed by atoms with Crippen molar-refractivity contribution in [3.63, 3.8) is 0 Å². The van der Waals surface area contributed by atoms with Crippen molar-refractivity contribution in [2.75, 3.05) is 26.2 Å². The van der Waals surface area contributed by atoms with E-state index in [-0.39, 0.29) is 17.3 Å². The Morgan fingerprint density at radius 2 is 2.08 bits per heavy atom. The molecule has 1 N–H and O–H groups in total. The van der Waals surface area contributed by atoms with Crippen LogP contribution in [0.15, 0.2) is 41.8 Å². The first-order valence-electron chi connectivity index (χ1n) is 9.13.